The zero-order chi connectivity index (χ0) is 10.3. The van der Waals surface area contributed by atoms with E-state index in [0.717, 1.165) is 13.1 Å². The molecule has 0 unspecified atom stereocenters. The van der Waals surface area contributed by atoms with Crippen molar-refractivity contribution in [2.75, 3.05) is 19.6 Å². The monoisotopic (exact) mass is 194 g/mol. The molecule has 1 aliphatic rings. The maximum Gasteiger partial charge on any atom is 0.0574 e. The van der Waals surface area contributed by atoms with Gasteiger partial charge in [0.15, 0.2) is 0 Å². The van der Waals surface area contributed by atoms with E-state index >= 15 is 0 Å². The van der Waals surface area contributed by atoms with Gasteiger partial charge in [0.25, 0.3) is 0 Å². The Kier molecular flexibility index (Phi) is 5.00. The molecule has 0 aromatic carbocycles. The lowest BCUT2D eigenvalue weighted by molar-refractivity contribution is 0.255. The number of terminal acetylenes is 1. The molecule has 0 spiro atoms. The third-order valence-corrected chi connectivity index (χ3v) is 3.04. The smallest absolute Gasteiger partial charge is 0.0574 e. The van der Waals surface area contributed by atoms with E-state index in [9.17, 15) is 0 Å². The van der Waals surface area contributed by atoms with Crippen molar-refractivity contribution in [3.8, 4) is 12.3 Å². The van der Waals surface area contributed by atoms with Gasteiger partial charge in [-0.15, -0.1) is 6.42 Å². The van der Waals surface area contributed by atoms with Crippen LogP contribution in [0, 0.1) is 12.3 Å². The van der Waals surface area contributed by atoms with Crippen LogP contribution in [0.1, 0.15) is 39.0 Å². The molecular formula is C12H22N2. The van der Waals surface area contributed by atoms with Gasteiger partial charge < -0.3 is 10.6 Å². The first-order chi connectivity index (χ1) is 6.77. The summed E-state index contributed by atoms with van der Waals surface area (Å²) in [5.41, 5.74) is 0.385. The molecule has 0 heterocycles. The zero-order valence-corrected chi connectivity index (χ0v) is 9.23. The fourth-order valence-corrected chi connectivity index (χ4v) is 2.12. The minimum atomic E-state index is 0.385. The first-order valence-corrected chi connectivity index (χ1v) is 5.66. The van der Waals surface area contributed by atoms with Crippen molar-refractivity contribution in [1.82, 2.24) is 10.6 Å². The van der Waals surface area contributed by atoms with Crippen LogP contribution in [-0.2, 0) is 0 Å². The summed E-state index contributed by atoms with van der Waals surface area (Å²) in [4.78, 5) is 0. The van der Waals surface area contributed by atoms with Crippen molar-refractivity contribution in [1.29, 1.82) is 0 Å². The molecule has 14 heavy (non-hydrogen) atoms. The lowest BCUT2D eigenvalue weighted by Crippen LogP contribution is -2.46. The average molecular weight is 194 g/mol. The first-order valence-electron chi connectivity index (χ1n) is 5.66. The van der Waals surface area contributed by atoms with E-state index < -0.39 is 0 Å². The van der Waals surface area contributed by atoms with Gasteiger partial charge in [0.1, 0.15) is 0 Å². The molecule has 0 aliphatic heterocycles. The summed E-state index contributed by atoms with van der Waals surface area (Å²) in [5.74, 6) is 2.58. The fourth-order valence-electron chi connectivity index (χ4n) is 2.12. The fraction of sp³-hybridized carbons (Fsp3) is 0.833. The van der Waals surface area contributed by atoms with Crippen LogP contribution in [0.15, 0.2) is 0 Å². The van der Waals surface area contributed by atoms with Gasteiger partial charge in [-0.1, -0.05) is 25.2 Å². The van der Waals surface area contributed by atoms with Gasteiger partial charge in [0, 0.05) is 18.6 Å². The number of nitrogens with one attached hydrogen (secondary N) is 2. The molecular weight excluding hydrogens is 172 g/mol. The minimum absolute atomic E-state index is 0.385. The molecule has 1 fully saturated rings. The van der Waals surface area contributed by atoms with E-state index in [0.29, 0.717) is 12.1 Å². The second-order valence-electron chi connectivity index (χ2n) is 4.43. The van der Waals surface area contributed by atoms with Crippen molar-refractivity contribution in [3.63, 3.8) is 0 Å². The SMILES string of the molecule is C#CCNCCNC1(C)CCCCC1. The normalized spacial score (nSPS) is 20.3. The molecule has 0 bridgehead atoms. The van der Waals surface area contributed by atoms with Gasteiger partial charge in [0.05, 0.1) is 6.54 Å². The van der Waals surface area contributed by atoms with E-state index in [2.05, 4.69) is 23.5 Å². The Bertz CT molecular complexity index is 187. The maximum atomic E-state index is 5.15. The van der Waals surface area contributed by atoms with Crippen LogP contribution in [0.2, 0.25) is 0 Å². The summed E-state index contributed by atoms with van der Waals surface area (Å²) < 4.78 is 0. The maximum absolute atomic E-state index is 5.15. The quantitative estimate of drug-likeness (QED) is 0.512. The van der Waals surface area contributed by atoms with E-state index in [1.807, 2.05) is 0 Å². The van der Waals surface area contributed by atoms with Gasteiger partial charge in [-0.3, -0.25) is 0 Å². The Morgan fingerprint density at radius 1 is 1.21 bits per heavy atom. The minimum Gasteiger partial charge on any atom is -0.310 e. The lowest BCUT2D eigenvalue weighted by Gasteiger charge is -2.34. The summed E-state index contributed by atoms with van der Waals surface area (Å²) in [6, 6.07) is 0. The van der Waals surface area contributed by atoms with Crippen molar-refractivity contribution < 1.29 is 0 Å². The van der Waals surface area contributed by atoms with Crippen LogP contribution in [0.3, 0.4) is 0 Å². The second kappa shape index (κ2) is 6.06. The van der Waals surface area contributed by atoms with Gasteiger partial charge in [-0.25, -0.2) is 0 Å². The Morgan fingerprint density at radius 3 is 2.57 bits per heavy atom. The van der Waals surface area contributed by atoms with Crippen LogP contribution in [-0.4, -0.2) is 25.2 Å². The molecule has 0 aromatic rings. The topological polar surface area (TPSA) is 24.1 Å². The molecule has 2 N–H and O–H groups in total. The predicted molar refractivity (Wildman–Crippen MR) is 61.2 cm³/mol. The summed E-state index contributed by atoms with van der Waals surface area (Å²) in [6.07, 6.45) is 12.0. The third kappa shape index (κ3) is 4.13. The number of rotatable bonds is 5. The van der Waals surface area contributed by atoms with Crippen molar-refractivity contribution in [2.24, 2.45) is 0 Å². The van der Waals surface area contributed by atoms with Crippen LogP contribution < -0.4 is 10.6 Å². The molecule has 0 atom stereocenters. The molecule has 1 saturated carbocycles. The Morgan fingerprint density at radius 2 is 1.93 bits per heavy atom. The van der Waals surface area contributed by atoms with E-state index in [1.165, 1.54) is 32.1 Å². The lowest BCUT2D eigenvalue weighted by atomic mass is 9.83. The summed E-state index contributed by atoms with van der Waals surface area (Å²) >= 11 is 0. The Labute approximate surface area is 87.8 Å². The molecule has 2 heteroatoms. The van der Waals surface area contributed by atoms with Crippen LogP contribution >= 0.6 is 0 Å². The molecule has 1 rings (SSSR count). The highest BCUT2D eigenvalue weighted by atomic mass is 15.0. The van der Waals surface area contributed by atoms with E-state index in [4.69, 9.17) is 6.42 Å². The van der Waals surface area contributed by atoms with Crippen LogP contribution in [0.4, 0.5) is 0 Å². The highest BCUT2D eigenvalue weighted by molar-refractivity contribution is 4.88. The van der Waals surface area contributed by atoms with E-state index in [1.54, 1.807) is 0 Å². The molecule has 0 saturated heterocycles. The molecule has 0 amide bonds. The highest BCUT2D eigenvalue weighted by Gasteiger charge is 2.25. The van der Waals surface area contributed by atoms with Crippen molar-refractivity contribution in [3.05, 3.63) is 0 Å². The standard InChI is InChI=1S/C12H22N2/c1-3-9-13-10-11-14-12(2)7-5-4-6-8-12/h1,13-14H,4-11H2,2H3. The highest BCUT2D eigenvalue weighted by Crippen LogP contribution is 2.26. The summed E-state index contributed by atoms with van der Waals surface area (Å²) in [6.45, 7) is 5.02. The average Bonchev–Trinajstić information content (AvgIpc) is 2.18. The molecule has 80 valence electrons. The van der Waals surface area contributed by atoms with Gasteiger partial charge in [-0.2, -0.15) is 0 Å². The van der Waals surface area contributed by atoms with Gasteiger partial charge in [-0.05, 0) is 19.8 Å². The third-order valence-electron chi connectivity index (χ3n) is 3.04. The van der Waals surface area contributed by atoms with E-state index in [-0.39, 0.29) is 0 Å². The van der Waals surface area contributed by atoms with Gasteiger partial charge >= 0.3 is 0 Å². The van der Waals surface area contributed by atoms with Gasteiger partial charge in [0.2, 0.25) is 0 Å². The summed E-state index contributed by atoms with van der Waals surface area (Å²) in [7, 11) is 0. The van der Waals surface area contributed by atoms with Crippen molar-refractivity contribution in [2.45, 2.75) is 44.6 Å². The van der Waals surface area contributed by atoms with Crippen molar-refractivity contribution >= 4 is 0 Å². The predicted octanol–water partition coefficient (Wildman–Crippen LogP) is 1.52. The Balaban J connectivity index is 2.07. The largest absolute Gasteiger partial charge is 0.310 e. The number of hydrogen-bond acceptors (Lipinski definition) is 2. The summed E-state index contributed by atoms with van der Waals surface area (Å²) in [5, 5.41) is 6.82. The molecule has 2 nitrogen and oxygen atoms in total. The number of hydrogen-bond donors (Lipinski definition) is 2. The van der Waals surface area contributed by atoms with Crippen LogP contribution in [0.5, 0.6) is 0 Å². The second-order valence-corrected chi connectivity index (χ2v) is 4.43. The first kappa shape index (κ1) is 11.6. The molecule has 0 radical (unpaired) electrons. The Hall–Kier alpha value is -0.520. The molecule has 1 aliphatic carbocycles. The zero-order valence-electron chi connectivity index (χ0n) is 9.23. The molecule has 0 aromatic heterocycles. The van der Waals surface area contributed by atoms with Crippen LogP contribution in [0.25, 0.3) is 0 Å².